The molecule has 1 N–H and O–H groups in total. The zero-order chi connectivity index (χ0) is 15.6. The number of carbonyl (C=O) groups is 1. The third-order valence-corrected chi connectivity index (χ3v) is 2.77. The lowest BCUT2D eigenvalue weighted by atomic mass is 10.1. The molecule has 0 saturated carbocycles. The largest absolute Gasteiger partial charge is 0.478 e. The van der Waals surface area contributed by atoms with Gasteiger partial charge in [0.2, 0.25) is 0 Å². The summed E-state index contributed by atoms with van der Waals surface area (Å²) in [6.07, 6.45) is 2.25. The van der Waals surface area contributed by atoms with E-state index in [0.717, 1.165) is 12.4 Å². The van der Waals surface area contributed by atoms with Crippen molar-refractivity contribution >= 4 is 11.7 Å². The van der Waals surface area contributed by atoms with E-state index in [1.54, 1.807) is 13.8 Å². The Morgan fingerprint density at radius 2 is 1.86 bits per heavy atom. The average molecular weight is 289 g/mol. The first kappa shape index (κ1) is 14.4. The van der Waals surface area contributed by atoms with Crippen LogP contribution in [0.3, 0.4) is 0 Å². The van der Waals surface area contributed by atoms with Crippen LogP contribution in [0.5, 0.6) is 11.8 Å². The summed E-state index contributed by atoms with van der Waals surface area (Å²) in [6.45, 7) is 3.26. The molecule has 21 heavy (non-hydrogen) atoms. The van der Waals surface area contributed by atoms with Gasteiger partial charge in [0.15, 0.2) is 0 Å². The van der Waals surface area contributed by atoms with Gasteiger partial charge < -0.3 is 9.84 Å². The molecule has 0 amide bonds. The molecule has 108 valence electrons. The number of rotatable bonds is 4. The summed E-state index contributed by atoms with van der Waals surface area (Å²) < 4.78 is 5.42. The number of carboxylic acids is 1. The van der Waals surface area contributed by atoms with Crippen molar-refractivity contribution in [2.24, 2.45) is 0 Å². The standard InChI is InChI=1S/C13H11N3O5/c1-7-4-11(8(2)3-10(7)16(19)20)21-13-14-5-9(6-15-13)12(17)18/h3-6H,1-2H3,(H,17,18). The van der Waals surface area contributed by atoms with Gasteiger partial charge in [-0.2, -0.15) is 0 Å². The minimum absolute atomic E-state index is 0.00185. The Kier molecular flexibility index (Phi) is 3.79. The van der Waals surface area contributed by atoms with Gasteiger partial charge >= 0.3 is 12.0 Å². The first-order valence-corrected chi connectivity index (χ1v) is 5.87. The molecule has 0 unspecified atom stereocenters. The van der Waals surface area contributed by atoms with Crippen molar-refractivity contribution in [1.82, 2.24) is 9.97 Å². The SMILES string of the molecule is Cc1cc([N+](=O)[O-])c(C)cc1Oc1ncc(C(=O)O)cn1. The highest BCUT2D eigenvalue weighted by atomic mass is 16.6. The van der Waals surface area contributed by atoms with Gasteiger partial charge in [-0.25, -0.2) is 14.8 Å². The molecule has 0 fully saturated rings. The second-order valence-corrected chi connectivity index (χ2v) is 4.32. The van der Waals surface area contributed by atoms with Gasteiger partial charge in [0.25, 0.3) is 5.69 Å². The second-order valence-electron chi connectivity index (χ2n) is 4.32. The molecular weight excluding hydrogens is 278 g/mol. The lowest BCUT2D eigenvalue weighted by molar-refractivity contribution is -0.385. The second kappa shape index (κ2) is 5.53. The molecule has 8 nitrogen and oxygen atoms in total. The first-order valence-electron chi connectivity index (χ1n) is 5.87. The van der Waals surface area contributed by atoms with E-state index in [2.05, 4.69) is 9.97 Å². The number of ether oxygens (including phenoxy) is 1. The van der Waals surface area contributed by atoms with Crippen LogP contribution in [0.2, 0.25) is 0 Å². The lowest BCUT2D eigenvalue weighted by Gasteiger charge is -2.08. The molecule has 2 rings (SSSR count). The van der Waals surface area contributed by atoms with E-state index >= 15 is 0 Å². The maximum atomic E-state index is 10.8. The van der Waals surface area contributed by atoms with Crippen LogP contribution in [-0.4, -0.2) is 26.0 Å². The molecule has 0 aliphatic carbocycles. The Bertz CT molecular complexity index is 712. The normalized spacial score (nSPS) is 10.2. The Labute approximate surface area is 119 Å². The van der Waals surface area contributed by atoms with Crippen LogP contribution in [-0.2, 0) is 0 Å². The van der Waals surface area contributed by atoms with Crippen molar-refractivity contribution in [3.8, 4) is 11.8 Å². The van der Waals surface area contributed by atoms with Crippen LogP contribution >= 0.6 is 0 Å². The van der Waals surface area contributed by atoms with E-state index in [1.807, 2.05) is 0 Å². The summed E-state index contributed by atoms with van der Waals surface area (Å²) in [5.74, 6) is -0.759. The lowest BCUT2D eigenvalue weighted by Crippen LogP contribution is -2.01. The van der Waals surface area contributed by atoms with E-state index in [-0.39, 0.29) is 17.3 Å². The molecule has 0 aliphatic rings. The third kappa shape index (κ3) is 3.11. The summed E-state index contributed by atoms with van der Waals surface area (Å²) in [5.41, 5.74) is 0.946. The van der Waals surface area contributed by atoms with Crippen molar-refractivity contribution in [3.05, 3.63) is 51.3 Å². The maximum Gasteiger partial charge on any atom is 0.338 e. The Morgan fingerprint density at radius 1 is 1.24 bits per heavy atom. The topological polar surface area (TPSA) is 115 Å². The monoisotopic (exact) mass is 289 g/mol. The molecule has 0 saturated heterocycles. The highest BCUT2D eigenvalue weighted by Gasteiger charge is 2.15. The highest BCUT2D eigenvalue weighted by molar-refractivity contribution is 5.86. The quantitative estimate of drug-likeness (QED) is 0.678. The molecule has 1 heterocycles. The molecule has 0 radical (unpaired) electrons. The number of aryl methyl sites for hydroxylation is 2. The Morgan fingerprint density at radius 3 is 2.38 bits per heavy atom. The molecule has 0 bridgehead atoms. The van der Waals surface area contributed by atoms with E-state index in [4.69, 9.17) is 9.84 Å². The van der Waals surface area contributed by atoms with Crippen molar-refractivity contribution in [2.45, 2.75) is 13.8 Å². The van der Waals surface area contributed by atoms with Crippen LogP contribution in [0.1, 0.15) is 21.5 Å². The van der Waals surface area contributed by atoms with Crippen molar-refractivity contribution in [1.29, 1.82) is 0 Å². The van der Waals surface area contributed by atoms with Crippen LogP contribution in [0.4, 0.5) is 5.69 Å². The van der Waals surface area contributed by atoms with E-state index < -0.39 is 10.9 Å². The summed E-state index contributed by atoms with van der Waals surface area (Å²) in [7, 11) is 0. The predicted molar refractivity (Wildman–Crippen MR) is 71.6 cm³/mol. The number of hydrogen-bond donors (Lipinski definition) is 1. The number of aromatic carboxylic acids is 1. The number of nitrogens with zero attached hydrogens (tertiary/aromatic N) is 3. The number of nitro groups is 1. The molecule has 1 aromatic heterocycles. The van der Waals surface area contributed by atoms with Crippen LogP contribution < -0.4 is 4.74 Å². The smallest absolute Gasteiger partial charge is 0.338 e. The predicted octanol–water partition coefficient (Wildman–Crippen LogP) is 2.49. The Balaban J connectivity index is 2.29. The van der Waals surface area contributed by atoms with Gasteiger partial charge in [-0.05, 0) is 25.5 Å². The number of aromatic nitrogens is 2. The van der Waals surface area contributed by atoms with Gasteiger partial charge in [0.1, 0.15) is 5.75 Å². The van der Waals surface area contributed by atoms with E-state index in [9.17, 15) is 14.9 Å². The molecule has 0 atom stereocenters. The molecule has 2 aromatic rings. The summed E-state index contributed by atoms with van der Waals surface area (Å²) in [4.78, 5) is 28.6. The first-order chi connectivity index (χ1) is 9.88. The van der Waals surface area contributed by atoms with Crippen LogP contribution in [0, 0.1) is 24.0 Å². The highest BCUT2D eigenvalue weighted by Crippen LogP contribution is 2.29. The van der Waals surface area contributed by atoms with Gasteiger partial charge in [0.05, 0.1) is 10.5 Å². The van der Waals surface area contributed by atoms with Crippen molar-refractivity contribution in [2.75, 3.05) is 0 Å². The minimum Gasteiger partial charge on any atom is -0.478 e. The van der Waals surface area contributed by atoms with E-state index in [1.165, 1.54) is 12.1 Å². The van der Waals surface area contributed by atoms with Gasteiger partial charge in [0, 0.05) is 24.0 Å². The summed E-state index contributed by atoms with van der Waals surface area (Å²) in [5, 5.41) is 19.6. The molecule has 1 aromatic carbocycles. The van der Waals surface area contributed by atoms with Gasteiger partial charge in [-0.15, -0.1) is 0 Å². The zero-order valence-electron chi connectivity index (χ0n) is 11.2. The number of benzene rings is 1. The van der Waals surface area contributed by atoms with Gasteiger partial charge in [-0.1, -0.05) is 0 Å². The fraction of sp³-hybridized carbons (Fsp3) is 0.154. The Hall–Kier alpha value is -3.03. The summed E-state index contributed by atoms with van der Waals surface area (Å²) in [6, 6.07) is 2.88. The average Bonchev–Trinajstić information content (AvgIpc) is 2.42. The third-order valence-electron chi connectivity index (χ3n) is 2.77. The van der Waals surface area contributed by atoms with Crippen molar-refractivity contribution in [3.63, 3.8) is 0 Å². The van der Waals surface area contributed by atoms with Crippen LogP contribution in [0.25, 0.3) is 0 Å². The molecule has 8 heteroatoms. The minimum atomic E-state index is -1.14. The zero-order valence-corrected chi connectivity index (χ0v) is 11.2. The number of carboxylic acid groups (broad SMARTS) is 1. The maximum absolute atomic E-state index is 10.8. The number of hydrogen-bond acceptors (Lipinski definition) is 6. The van der Waals surface area contributed by atoms with Crippen molar-refractivity contribution < 1.29 is 19.6 Å². The fourth-order valence-electron chi connectivity index (χ4n) is 1.66. The van der Waals surface area contributed by atoms with E-state index in [0.29, 0.717) is 16.9 Å². The molecular formula is C13H11N3O5. The summed E-state index contributed by atoms with van der Waals surface area (Å²) >= 11 is 0. The molecule has 0 spiro atoms. The van der Waals surface area contributed by atoms with Crippen LogP contribution in [0.15, 0.2) is 24.5 Å². The number of nitro benzene ring substituents is 1. The fourth-order valence-corrected chi connectivity index (χ4v) is 1.66. The van der Waals surface area contributed by atoms with Gasteiger partial charge in [-0.3, -0.25) is 10.1 Å². The molecule has 0 aliphatic heterocycles.